The van der Waals surface area contributed by atoms with Gasteiger partial charge in [-0.05, 0) is 24.3 Å². The number of benzene rings is 2. The molecule has 0 spiro atoms. The quantitative estimate of drug-likeness (QED) is 0.710. The van der Waals surface area contributed by atoms with Crippen LogP contribution in [0.5, 0.6) is 5.75 Å². The van der Waals surface area contributed by atoms with Crippen LogP contribution in [0.2, 0.25) is 0 Å². The largest absolute Gasteiger partial charge is 0.484 e. The lowest BCUT2D eigenvalue weighted by Crippen LogP contribution is -3.15. The normalized spacial score (nSPS) is 15.6. The third-order valence-corrected chi connectivity index (χ3v) is 5.06. The van der Waals surface area contributed by atoms with Crippen LogP contribution in [0.3, 0.4) is 0 Å². The maximum atomic E-state index is 12.3. The molecule has 1 heterocycles. The Bertz CT molecular complexity index is 728. The van der Waals surface area contributed by atoms with Crippen molar-refractivity contribution in [2.24, 2.45) is 0 Å². The fraction of sp³-hybridized carbons (Fsp3) is 0.409. The van der Waals surface area contributed by atoms with Gasteiger partial charge in [-0.25, -0.2) is 0 Å². The maximum absolute atomic E-state index is 12.3. The average molecular weight is 385 g/mol. The van der Waals surface area contributed by atoms with Gasteiger partial charge in [0.15, 0.2) is 6.61 Å². The molecule has 150 valence electrons. The van der Waals surface area contributed by atoms with Gasteiger partial charge in [-0.3, -0.25) is 4.79 Å². The molecule has 6 heteroatoms. The molecule has 1 fully saturated rings. The van der Waals surface area contributed by atoms with Gasteiger partial charge in [-0.2, -0.15) is 0 Å². The van der Waals surface area contributed by atoms with Gasteiger partial charge >= 0.3 is 0 Å². The van der Waals surface area contributed by atoms with Crippen molar-refractivity contribution in [2.75, 3.05) is 58.5 Å². The number of carbonyl (C=O) groups excluding carboxylic acids is 1. The zero-order valence-electron chi connectivity index (χ0n) is 16.7. The molecule has 2 aromatic rings. The second-order valence-electron chi connectivity index (χ2n) is 7.21. The van der Waals surface area contributed by atoms with Gasteiger partial charge in [0.2, 0.25) is 0 Å². The summed E-state index contributed by atoms with van der Waals surface area (Å²) in [5.74, 6) is 0.596. The molecule has 0 aliphatic carbocycles. The van der Waals surface area contributed by atoms with E-state index >= 15 is 0 Å². The summed E-state index contributed by atoms with van der Waals surface area (Å²) in [7, 11) is 4.07. The molecule has 3 rings (SSSR count). The molecule has 6 nitrogen and oxygen atoms in total. The number of carbonyl (C=O) groups is 1. The van der Waals surface area contributed by atoms with Crippen LogP contribution in [-0.4, -0.2) is 59.5 Å². The van der Waals surface area contributed by atoms with Gasteiger partial charge in [-0.1, -0.05) is 30.3 Å². The summed E-state index contributed by atoms with van der Waals surface area (Å²) in [5.41, 5.74) is 2.39. The van der Waals surface area contributed by atoms with E-state index in [4.69, 9.17) is 9.47 Å². The average Bonchev–Trinajstić information content (AvgIpc) is 2.74. The minimum atomic E-state index is -0.105. The Kier molecular flexibility index (Phi) is 7.28. The molecule has 1 aliphatic heterocycles. The number of morpholine rings is 1. The lowest BCUT2D eigenvalue weighted by atomic mass is 10.0. The zero-order valence-corrected chi connectivity index (χ0v) is 16.7. The predicted molar refractivity (Wildman–Crippen MR) is 110 cm³/mol. The number of ether oxygens (including phenoxy) is 2. The zero-order chi connectivity index (χ0) is 19.8. The molecule has 0 saturated carbocycles. The molecule has 1 amide bonds. The summed E-state index contributed by atoms with van der Waals surface area (Å²) in [6, 6.07) is 18.2. The standard InChI is InChI=1S/C22H29N3O3/c1-24(2)19-10-8-18(9-11-19)21(25-12-14-27-15-13-25)16-23-22(26)17-28-20-6-4-3-5-7-20/h3-11,21H,12-17H2,1-2H3,(H,23,26)/p+1/t21-/m0/s1. The SMILES string of the molecule is CN(C)c1ccc([C@H](CNC(=O)COc2ccccc2)[NH+]2CCOCC2)cc1. The number of amides is 1. The molecule has 0 unspecified atom stereocenters. The van der Waals surface area contributed by atoms with Crippen molar-refractivity contribution in [1.82, 2.24) is 5.32 Å². The first-order chi connectivity index (χ1) is 13.6. The van der Waals surface area contributed by atoms with Crippen molar-refractivity contribution >= 4 is 11.6 Å². The van der Waals surface area contributed by atoms with Gasteiger partial charge in [-0.15, -0.1) is 0 Å². The highest BCUT2D eigenvalue weighted by atomic mass is 16.5. The van der Waals surface area contributed by atoms with Crippen molar-refractivity contribution in [3.8, 4) is 5.75 Å². The minimum Gasteiger partial charge on any atom is -0.484 e. The highest BCUT2D eigenvalue weighted by molar-refractivity contribution is 5.77. The molecule has 0 bridgehead atoms. The second-order valence-corrected chi connectivity index (χ2v) is 7.21. The Hall–Kier alpha value is -2.57. The monoisotopic (exact) mass is 384 g/mol. The Labute approximate surface area is 167 Å². The molecular weight excluding hydrogens is 354 g/mol. The summed E-state index contributed by atoms with van der Waals surface area (Å²) in [5, 5.41) is 3.05. The van der Waals surface area contributed by atoms with E-state index in [1.807, 2.05) is 44.4 Å². The lowest BCUT2D eigenvalue weighted by Gasteiger charge is -2.32. The summed E-state index contributed by atoms with van der Waals surface area (Å²) in [6.45, 7) is 3.99. The number of rotatable bonds is 8. The number of hydrogen-bond donors (Lipinski definition) is 2. The first kappa shape index (κ1) is 20.2. The number of quaternary nitrogens is 1. The van der Waals surface area contributed by atoms with Gasteiger partial charge in [0, 0.05) is 25.3 Å². The minimum absolute atomic E-state index is 0.0226. The summed E-state index contributed by atoms with van der Waals surface area (Å²) in [4.78, 5) is 15.8. The maximum Gasteiger partial charge on any atom is 0.258 e. The molecular formula is C22H30N3O3+. The van der Waals surface area contributed by atoms with E-state index in [0.29, 0.717) is 12.3 Å². The lowest BCUT2D eigenvalue weighted by molar-refractivity contribution is -0.937. The second kappa shape index (κ2) is 10.1. The van der Waals surface area contributed by atoms with E-state index in [1.54, 1.807) is 0 Å². The van der Waals surface area contributed by atoms with Gasteiger partial charge in [0.1, 0.15) is 24.9 Å². The van der Waals surface area contributed by atoms with Crippen LogP contribution in [0.4, 0.5) is 5.69 Å². The smallest absolute Gasteiger partial charge is 0.258 e. The van der Waals surface area contributed by atoms with E-state index in [2.05, 4.69) is 34.5 Å². The van der Waals surface area contributed by atoms with Crippen LogP contribution >= 0.6 is 0 Å². The van der Waals surface area contributed by atoms with Crippen molar-refractivity contribution < 1.29 is 19.2 Å². The summed E-state index contributed by atoms with van der Waals surface area (Å²) < 4.78 is 11.1. The third-order valence-electron chi connectivity index (χ3n) is 5.06. The molecule has 28 heavy (non-hydrogen) atoms. The van der Waals surface area contributed by atoms with Crippen molar-refractivity contribution in [2.45, 2.75) is 6.04 Å². The third kappa shape index (κ3) is 5.71. The Morgan fingerprint density at radius 2 is 1.79 bits per heavy atom. The molecule has 0 radical (unpaired) electrons. The van der Waals surface area contributed by atoms with Crippen LogP contribution in [0.15, 0.2) is 54.6 Å². The number of para-hydroxylation sites is 1. The first-order valence-corrected chi connectivity index (χ1v) is 9.77. The highest BCUT2D eigenvalue weighted by Gasteiger charge is 2.27. The van der Waals surface area contributed by atoms with E-state index in [9.17, 15) is 4.79 Å². The van der Waals surface area contributed by atoms with Gasteiger partial charge in [0.25, 0.3) is 5.91 Å². The fourth-order valence-electron chi connectivity index (χ4n) is 3.42. The van der Waals surface area contributed by atoms with Crippen LogP contribution < -0.4 is 19.9 Å². The van der Waals surface area contributed by atoms with E-state index < -0.39 is 0 Å². The van der Waals surface area contributed by atoms with E-state index in [1.165, 1.54) is 16.2 Å². The molecule has 2 aromatic carbocycles. The van der Waals surface area contributed by atoms with Crippen LogP contribution in [0.1, 0.15) is 11.6 Å². The first-order valence-electron chi connectivity index (χ1n) is 9.77. The van der Waals surface area contributed by atoms with Crippen molar-refractivity contribution in [1.29, 1.82) is 0 Å². The van der Waals surface area contributed by atoms with Gasteiger partial charge < -0.3 is 24.6 Å². The number of anilines is 1. The summed E-state index contributed by atoms with van der Waals surface area (Å²) in [6.07, 6.45) is 0. The number of nitrogens with zero attached hydrogens (tertiary/aromatic N) is 1. The topological polar surface area (TPSA) is 55.2 Å². The molecule has 0 aromatic heterocycles. The molecule has 1 atom stereocenters. The highest BCUT2D eigenvalue weighted by Crippen LogP contribution is 2.16. The Balaban J connectivity index is 1.61. The number of hydrogen-bond acceptors (Lipinski definition) is 4. The van der Waals surface area contributed by atoms with Crippen molar-refractivity contribution in [3.63, 3.8) is 0 Å². The fourth-order valence-corrected chi connectivity index (χ4v) is 3.42. The van der Waals surface area contributed by atoms with Crippen LogP contribution in [0.25, 0.3) is 0 Å². The van der Waals surface area contributed by atoms with Crippen LogP contribution in [0, 0.1) is 0 Å². The van der Waals surface area contributed by atoms with Gasteiger partial charge in [0.05, 0.1) is 19.8 Å². The molecule has 1 saturated heterocycles. The predicted octanol–water partition coefficient (Wildman–Crippen LogP) is 0.904. The molecule has 2 N–H and O–H groups in total. The van der Waals surface area contributed by atoms with Crippen LogP contribution in [-0.2, 0) is 9.53 Å². The number of nitrogens with one attached hydrogen (secondary N) is 2. The van der Waals surface area contributed by atoms with E-state index in [0.717, 1.165) is 26.3 Å². The van der Waals surface area contributed by atoms with Crippen molar-refractivity contribution in [3.05, 3.63) is 60.2 Å². The molecule has 1 aliphatic rings. The Morgan fingerprint density at radius 1 is 1.11 bits per heavy atom. The summed E-state index contributed by atoms with van der Waals surface area (Å²) >= 11 is 0. The van der Waals surface area contributed by atoms with E-state index in [-0.39, 0.29) is 18.6 Å². The Morgan fingerprint density at radius 3 is 2.43 bits per heavy atom.